The van der Waals surface area contributed by atoms with Crippen LogP contribution in [0.5, 0.6) is 0 Å². The lowest BCUT2D eigenvalue weighted by Gasteiger charge is -2.56. The third-order valence-corrected chi connectivity index (χ3v) is 6.29. The molecule has 7 nitrogen and oxygen atoms in total. The molecule has 1 aromatic carbocycles. The molecule has 4 rings (SSSR count). The van der Waals surface area contributed by atoms with Gasteiger partial charge in [0.25, 0.3) is 11.6 Å². The first-order chi connectivity index (χ1) is 12.9. The van der Waals surface area contributed by atoms with Crippen LogP contribution in [0.4, 0.5) is 0 Å². The van der Waals surface area contributed by atoms with Gasteiger partial charge in [-0.25, -0.2) is 4.79 Å². The smallest absolute Gasteiger partial charge is 0.352 e. The molecule has 2 heterocycles. The summed E-state index contributed by atoms with van der Waals surface area (Å²) in [5.74, 6) is -1.49. The third kappa shape index (κ3) is 3.12. The molecule has 0 bridgehead atoms. The Morgan fingerprint density at radius 1 is 1.33 bits per heavy atom. The molecule has 0 aromatic heterocycles. The quantitative estimate of drug-likeness (QED) is 0.566. The van der Waals surface area contributed by atoms with Crippen molar-refractivity contribution in [2.24, 2.45) is 0 Å². The maximum Gasteiger partial charge on any atom is 0.352 e. The molecule has 1 aromatic rings. The standard InChI is InChI=1S/C19H20N2O5S/c1-11-10-27-18-19(26-13-7-8-13,17(25)21(18)15(11)16(23)24)20-14(22)9-12-5-3-2-4-6-12/h2-6,13,18H,7-10H2,1H3,(H,20,22)(H,23,24)/t18-,19?/m0/s1. The molecule has 1 aliphatic carbocycles. The summed E-state index contributed by atoms with van der Waals surface area (Å²) in [6.45, 7) is 1.70. The second kappa shape index (κ2) is 6.69. The van der Waals surface area contributed by atoms with Crippen LogP contribution < -0.4 is 5.32 Å². The average molecular weight is 388 g/mol. The summed E-state index contributed by atoms with van der Waals surface area (Å²) in [5, 5.41) is 11.7. The van der Waals surface area contributed by atoms with E-state index < -0.39 is 23.0 Å². The average Bonchev–Trinajstić information content (AvgIpc) is 3.45. The zero-order valence-electron chi connectivity index (χ0n) is 14.8. The molecular weight excluding hydrogens is 368 g/mol. The van der Waals surface area contributed by atoms with Crippen LogP contribution in [0.3, 0.4) is 0 Å². The van der Waals surface area contributed by atoms with Crippen molar-refractivity contribution in [2.45, 2.75) is 43.4 Å². The van der Waals surface area contributed by atoms with Crippen LogP contribution in [0.15, 0.2) is 41.6 Å². The number of amides is 2. The number of aliphatic carboxylic acids is 1. The number of thioether (sulfide) groups is 1. The number of carboxylic acid groups (broad SMARTS) is 1. The van der Waals surface area contributed by atoms with Gasteiger partial charge < -0.3 is 15.2 Å². The van der Waals surface area contributed by atoms with Gasteiger partial charge in [-0.05, 0) is 30.9 Å². The van der Waals surface area contributed by atoms with Crippen LogP contribution in [0.1, 0.15) is 25.3 Å². The second-order valence-electron chi connectivity index (χ2n) is 7.04. The van der Waals surface area contributed by atoms with Gasteiger partial charge in [-0.1, -0.05) is 30.3 Å². The predicted molar refractivity (Wildman–Crippen MR) is 98.6 cm³/mol. The summed E-state index contributed by atoms with van der Waals surface area (Å²) in [6.07, 6.45) is 1.72. The Morgan fingerprint density at radius 2 is 2.04 bits per heavy atom. The first kappa shape index (κ1) is 18.1. The number of benzene rings is 1. The molecule has 2 atom stereocenters. The van der Waals surface area contributed by atoms with Crippen molar-refractivity contribution in [3.63, 3.8) is 0 Å². The molecule has 8 heteroatoms. The summed E-state index contributed by atoms with van der Waals surface area (Å²) in [4.78, 5) is 38.5. The number of carbonyl (C=O) groups is 3. The van der Waals surface area contributed by atoms with E-state index in [1.165, 1.54) is 16.7 Å². The van der Waals surface area contributed by atoms with Crippen molar-refractivity contribution in [3.05, 3.63) is 47.2 Å². The molecule has 1 saturated carbocycles. The zero-order valence-corrected chi connectivity index (χ0v) is 15.6. The summed E-state index contributed by atoms with van der Waals surface area (Å²) >= 11 is 1.42. The van der Waals surface area contributed by atoms with Crippen LogP contribution in [0, 0.1) is 0 Å². The van der Waals surface area contributed by atoms with Crippen molar-refractivity contribution in [2.75, 3.05) is 5.75 Å². The second-order valence-corrected chi connectivity index (χ2v) is 8.10. The third-order valence-electron chi connectivity index (χ3n) is 4.83. The van der Waals surface area contributed by atoms with Crippen LogP contribution >= 0.6 is 11.8 Å². The Bertz CT molecular complexity index is 836. The molecule has 27 heavy (non-hydrogen) atoms. The van der Waals surface area contributed by atoms with Gasteiger partial charge >= 0.3 is 5.97 Å². The van der Waals surface area contributed by atoms with E-state index in [1.54, 1.807) is 6.92 Å². The maximum atomic E-state index is 13.0. The highest BCUT2D eigenvalue weighted by molar-refractivity contribution is 8.00. The van der Waals surface area contributed by atoms with Crippen LogP contribution in [0.25, 0.3) is 0 Å². The molecule has 2 N–H and O–H groups in total. The fourth-order valence-electron chi connectivity index (χ4n) is 3.42. The lowest BCUT2D eigenvalue weighted by atomic mass is 9.97. The van der Waals surface area contributed by atoms with Gasteiger partial charge in [-0.3, -0.25) is 14.5 Å². The topological polar surface area (TPSA) is 95.9 Å². The molecule has 2 fully saturated rings. The molecule has 1 saturated heterocycles. The number of ether oxygens (including phenoxy) is 1. The lowest BCUT2D eigenvalue weighted by Crippen LogP contribution is -2.81. The Kier molecular flexibility index (Phi) is 4.47. The number of nitrogens with one attached hydrogen (secondary N) is 1. The van der Waals surface area contributed by atoms with Gasteiger partial charge in [0.1, 0.15) is 11.1 Å². The van der Waals surface area contributed by atoms with Gasteiger partial charge in [0, 0.05) is 5.75 Å². The van der Waals surface area contributed by atoms with E-state index in [9.17, 15) is 19.5 Å². The van der Waals surface area contributed by atoms with E-state index >= 15 is 0 Å². The monoisotopic (exact) mass is 388 g/mol. The van der Waals surface area contributed by atoms with Crippen LogP contribution in [0.2, 0.25) is 0 Å². The molecule has 3 aliphatic rings. The minimum absolute atomic E-state index is 0.00363. The number of carbonyl (C=O) groups excluding carboxylic acids is 2. The highest BCUT2D eigenvalue weighted by Gasteiger charge is 2.68. The normalized spacial score (nSPS) is 27.1. The van der Waals surface area contributed by atoms with Crippen LogP contribution in [-0.2, 0) is 25.5 Å². The van der Waals surface area contributed by atoms with Crippen molar-refractivity contribution < 1.29 is 24.2 Å². The Hall–Kier alpha value is -2.32. The van der Waals surface area contributed by atoms with Crippen molar-refractivity contribution in [1.29, 1.82) is 0 Å². The van der Waals surface area contributed by atoms with Gasteiger partial charge in [0.2, 0.25) is 5.91 Å². The lowest BCUT2D eigenvalue weighted by molar-refractivity contribution is -0.201. The van der Waals surface area contributed by atoms with Crippen molar-refractivity contribution in [3.8, 4) is 0 Å². The number of hydrogen-bond donors (Lipinski definition) is 2. The van der Waals surface area contributed by atoms with Gasteiger partial charge in [-0.15, -0.1) is 11.8 Å². The number of carboxylic acids is 1. The molecule has 2 aliphatic heterocycles. The molecule has 142 valence electrons. The number of β-lactam (4-membered cyclic amide) rings is 1. The highest BCUT2D eigenvalue weighted by atomic mass is 32.2. The van der Waals surface area contributed by atoms with Gasteiger partial charge in [0.05, 0.1) is 12.5 Å². The van der Waals surface area contributed by atoms with E-state index in [1.807, 2.05) is 30.3 Å². The number of hydrogen-bond acceptors (Lipinski definition) is 5. The van der Waals surface area contributed by atoms with Crippen molar-refractivity contribution >= 4 is 29.5 Å². The molecule has 1 unspecified atom stereocenters. The fourth-order valence-corrected chi connectivity index (χ4v) is 4.76. The van der Waals surface area contributed by atoms with Gasteiger partial charge in [0.15, 0.2) is 0 Å². The summed E-state index contributed by atoms with van der Waals surface area (Å²) in [6, 6.07) is 9.24. The Morgan fingerprint density at radius 3 is 2.67 bits per heavy atom. The molecule has 2 amide bonds. The largest absolute Gasteiger partial charge is 0.477 e. The van der Waals surface area contributed by atoms with E-state index in [-0.39, 0.29) is 24.1 Å². The molecule has 0 spiro atoms. The zero-order chi connectivity index (χ0) is 19.2. The molecule has 0 radical (unpaired) electrons. The Balaban J connectivity index is 1.58. The number of rotatable bonds is 6. The maximum absolute atomic E-state index is 13.0. The van der Waals surface area contributed by atoms with E-state index in [4.69, 9.17) is 4.74 Å². The summed E-state index contributed by atoms with van der Waals surface area (Å²) in [5.41, 5.74) is -0.0266. The van der Waals surface area contributed by atoms with E-state index in [0.29, 0.717) is 11.3 Å². The predicted octanol–water partition coefficient (Wildman–Crippen LogP) is 1.49. The first-order valence-corrected chi connectivity index (χ1v) is 9.88. The SMILES string of the molecule is CC1=C(C(=O)O)N2C(=O)C(NC(=O)Cc3ccccc3)(OC3CC3)[C@@H]2SC1. The van der Waals surface area contributed by atoms with Crippen LogP contribution in [-0.4, -0.2) is 50.7 Å². The summed E-state index contributed by atoms with van der Waals surface area (Å²) < 4.78 is 5.98. The minimum atomic E-state index is -1.49. The first-order valence-electron chi connectivity index (χ1n) is 8.83. The van der Waals surface area contributed by atoms with Gasteiger partial charge in [-0.2, -0.15) is 0 Å². The minimum Gasteiger partial charge on any atom is -0.477 e. The highest BCUT2D eigenvalue weighted by Crippen LogP contribution is 2.48. The van der Waals surface area contributed by atoms with Crippen molar-refractivity contribution in [1.82, 2.24) is 10.2 Å². The summed E-state index contributed by atoms with van der Waals surface area (Å²) in [7, 11) is 0. The number of nitrogens with zero attached hydrogens (tertiary/aromatic N) is 1. The van der Waals surface area contributed by atoms with E-state index in [0.717, 1.165) is 18.4 Å². The number of fused-ring (bicyclic) bond motifs is 1. The van der Waals surface area contributed by atoms with E-state index in [2.05, 4.69) is 5.32 Å². The fraction of sp³-hybridized carbons (Fsp3) is 0.421. The Labute approximate surface area is 160 Å². The molecular formula is C19H20N2O5S.